The Balaban J connectivity index is 2.50. The molecule has 1 rings (SSSR count). The Morgan fingerprint density at radius 2 is 1.95 bits per heavy atom. The summed E-state index contributed by atoms with van der Waals surface area (Å²) in [4.78, 5) is 2.44. The molecule has 0 aliphatic carbocycles. The summed E-state index contributed by atoms with van der Waals surface area (Å²) in [6.07, 6.45) is 1.02. The largest absolute Gasteiger partial charge is 0.496 e. The van der Waals surface area contributed by atoms with Crippen LogP contribution in [-0.4, -0.2) is 44.7 Å². The second-order valence-electron chi connectivity index (χ2n) is 5.72. The normalized spacial score (nSPS) is 14.3. The van der Waals surface area contributed by atoms with E-state index in [0.29, 0.717) is 12.0 Å². The van der Waals surface area contributed by atoms with Gasteiger partial charge in [-0.25, -0.2) is 0 Å². The number of para-hydroxylation sites is 1. The summed E-state index contributed by atoms with van der Waals surface area (Å²) < 4.78 is 5.43. The topological polar surface area (TPSA) is 24.5 Å². The van der Waals surface area contributed by atoms with Gasteiger partial charge in [0.05, 0.1) is 7.11 Å². The summed E-state index contributed by atoms with van der Waals surface area (Å²) in [5.74, 6) is 1.66. The average molecular weight is 278 g/mol. The van der Waals surface area contributed by atoms with E-state index >= 15 is 0 Å². The molecule has 0 heterocycles. The molecule has 0 radical (unpaired) electrons. The standard InChI is InChI=1S/C17H30N2O/c1-6-18-12-14(2)13-19(4)15(3)11-16-9-7-8-10-17(16)20-5/h7-10,14-15,18H,6,11-13H2,1-5H3. The summed E-state index contributed by atoms with van der Waals surface area (Å²) in [6.45, 7) is 9.98. The fourth-order valence-electron chi connectivity index (χ4n) is 2.47. The summed E-state index contributed by atoms with van der Waals surface area (Å²) >= 11 is 0. The third-order valence-electron chi connectivity index (χ3n) is 3.80. The lowest BCUT2D eigenvalue weighted by molar-refractivity contribution is 0.220. The molecule has 0 saturated carbocycles. The Morgan fingerprint density at radius 3 is 2.60 bits per heavy atom. The maximum absolute atomic E-state index is 5.43. The first-order chi connectivity index (χ1) is 9.58. The van der Waals surface area contributed by atoms with E-state index < -0.39 is 0 Å². The highest BCUT2D eigenvalue weighted by Crippen LogP contribution is 2.20. The van der Waals surface area contributed by atoms with Gasteiger partial charge < -0.3 is 15.0 Å². The van der Waals surface area contributed by atoms with Gasteiger partial charge >= 0.3 is 0 Å². The quantitative estimate of drug-likeness (QED) is 0.752. The molecule has 20 heavy (non-hydrogen) atoms. The predicted octanol–water partition coefficient (Wildman–Crippen LogP) is 2.80. The van der Waals surface area contributed by atoms with Crippen LogP contribution >= 0.6 is 0 Å². The zero-order valence-electron chi connectivity index (χ0n) is 13.6. The maximum Gasteiger partial charge on any atom is 0.122 e. The van der Waals surface area contributed by atoms with Crippen LogP contribution in [0.2, 0.25) is 0 Å². The van der Waals surface area contributed by atoms with Crippen LogP contribution in [0.3, 0.4) is 0 Å². The van der Waals surface area contributed by atoms with Crippen LogP contribution in [0.5, 0.6) is 5.75 Å². The van der Waals surface area contributed by atoms with E-state index in [2.05, 4.69) is 50.2 Å². The highest BCUT2D eigenvalue weighted by Gasteiger charge is 2.14. The lowest BCUT2D eigenvalue weighted by Gasteiger charge is -2.28. The van der Waals surface area contributed by atoms with E-state index in [9.17, 15) is 0 Å². The van der Waals surface area contributed by atoms with Gasteiger partial charge in [-0.3, -0.25) is 0 Å². The van der Waals surface area contributed by atoms with Gasteiger partial charge in [0.1, 0.15) is 5.75 Å². The molecule has 2 atom stereocenters. The summed E-state index contributed by atoms with van der Waals surface area (Å²) in [6, 6.07) is 8.81. The zero-order chi connectivity index (χ0) is 15.0. The smallest absolute Gasteiger partial charge is 0.122 e. The fourth-order valence-corrected chi connectivity index (χ4v) is 2.47. The van der Waals surface area contributed by atoms with Crippen LogP contribution < -0.4 is 10.1 Å². The zero-order valence-corrected chi connectivity index (χ0v) is 13.6. The molecule has 3 heteroatoms. The summed E-state index contributed by atoms with van der Waals surface area (Å²) in [5.41, 5.74) is 1.29. The Labute approximate surface area is 124 Å². The van der Waals surface area contributed by atoms with E-state index in [0.717, 1.165) is 31.8 Å². The molecule has 0 saturated heterocycles. The molecule has 1 aromatic carbocycles. The third-order valence-corrected chi connectivity index (χ3v) is 3.80. The Morgan fingerprint density at radius 1 is 1.25 bits per heavy atom. The Bertz CT molecular complexity index is 381. The van der Waals surface area contributed by atoms with Gasteiger partial charge in [-0.15, -0.1) is 0 Å². The van der Waals surface area contributed by atoms with Crippen molar-refractivity contribution in [3.05, 3.63) is 29.8 Å². The van der Waals surface area contributed by atoms with Crippen LogP contribution in [0.4, 0.5) is 0 Å². The molecule has 1 aromatic rings. The summed E-state index contributed by atoms with van der Waals surface area (Å²) in [7, 11) is 3.95. The molecular formula is C17H30N2O. The number of hydrogen-bond donors (Lipinski definition) is 1. The number of methoxy groups -OCH3 is 1. The number of hydrogen-bond acceptors (Lipinski definition) is 3. The lowest BCUT2D eigenvalue weighted by atomic mass is 10.0. The van der Waals surface area contributed by atoms with Crippen molar-refractivity contribution >= 4 is 0 Å². The van der Waals surface area contributed by atoms with E-state index in [1.165, 1.54) is 5.56 Å². The highest BCUT2D eigenvalue weighted by atomic mass is 16.5. The molecule has 1 N–H and O–H groups in total. The predicted molar refractivity (Wildman–Crippen MR) is 86.5 cm³/mol. The molecule has 3 nitrogen and oxygen atoms in total. The molecule has 0 bridgehead atoms. The van der Waals surface area contributed by atoms with Crippen LogP contribution in [0, 0.1) is 5.92 Å². The van der Waals surface area contributed by atoms with E-state index in [4.69, 9.17) is 4.74 Å². The first-order valence-corrected chi connectivity index (χ1v) is 7.61. The van der Waals surface area contributed by atoms with Crippen molar-refractivity contribution in [3.8, 4) is 5.75 Å². The van der Waals surface area contributed by atoms with Crippen molar-refractivity contribution in [2.24, 2.45) is 5.92 Å². The maximum atomic E-state index is 5.43. The minimum Gasteiger partial charge on any atom is -0.496 e. The molecular weight excluding hydrogens is 248 g/mol. The Hall–Kier alpha value is -1.06. The monoisotopic (exact) mass is 278 g/mol. The molecule has 0 spiro atoms. The van der Waals surface area contributed by atoms with E-state index in [1.54, 1.807) is 7.11 Å². The molecule has 0 aliphatic heterocycles. The molecule has 114 valence electrons. The van der Waals surface area contributed by atoms with Gasteiger partial charge in [-0.2, -0.15) is 0 Å². The van der Waals surface area contributed by atoms with E-state index in [1.807, 2.05) is 12.1 Å². The number of likely N-dealkylation sites (N-methyl/N-ethyl adjacent to an activating group) is 1. The second-order valence-corrected chi connectivity index (χ2v) is 5.72. The number of nitrogens with zero attached hydrogens (tertiary/aromatic N) is 1. The van der Waals surface area contributed by atoms with E-state index in [-0.39, 0.29) is 0 Å². The van der Waals surface area contributed by atoms with Crippen LogP contribution in [0.15, 0.2) is 24.3 Å². The van der Waals surface area contributed by atoms with Crippen molar-refractivity contribution in [2.45, 2.75) is 33.2 Å². The lowest BCUT2D eigenvalue weighted by Crippen LogP contribution is -2.37. The second kappa shape index (κ2) is 8.98. The van der Waals surface area contributed by atoms with Crippen molar-refractivity contribution in [1.82, 2.24) is 10.2 Å². The molecule has 0 fully saturated rings. The van der Waals surface area contributed by atoms with Crippen molar-refractivity contribution in [2.75, 3.05) is 33.8 Å². The number of nitrogens with one attached hydrogen (secondary N) is 1. The first kappa shape index (κ1) is 17.0. The fraction of sp³-hybridized carbons (Fsp3) is 0.647. The average Bonchev–Trinajstić information content (AvgIpc) is 2.45. The van der Waals surface area contributed by atoms with Crippen molar-refractivity contribution in [1.29, 1.82) is 0 Å². The van der Waals surface area contributed by atoms with Gasteiger partial charge in [-0.1, -0.05) is 32.0 Å². The van der Waals surface area contributed by atoms with Crippen LogP contribution in [0.1, 0.15) is 26.3 Å². The summed E-state index contributed by atoms with van der Waals surface area (Å²) in [5, 5.41) is 3.41. The first-order valence-electron chi connectivity index (χ1n) is 7.61. The molecule has 0 amide bonds. The number of benzene rings is 1. The van der Waals surface area contributed by atoms with Gasteiger partial charge in [-0.05, 0) is 51.0 Å². The van der Waals surface area contributed by atoms with Crippen molar-refractivity contribution in [3.63, 3.8) is 0 Å². The highest BCUT2D eigenvalue weighted by molar-refractivity contribution is 5.33. The minimum absolute atomic E-state index is 0.510. The van der Waals surface area contributed by atoms with Crippen molar-refractivity contribution < 1.29 is 4.74 Å². The van der Waals surface area contributed by atoms with Gasteiger partial charge in [0.15, 0.2) is 0 Å². The van der Waals surface area contributed by atoms with Gasteiger partial charge in [0, 0.05) is 12.6 Å². The van der Waals surface area contributed by atoms with Gasteiger partial charge in [0.2, 0.25) is 0 Å². The third kappa shape index (κ3) is 5.51. The van der Waals surface area contributed by atoms with Crippen LogP contribution in [-0.2, 0) is 6.42 Å². The molecule has 0 aromatic heterocycles. The number of rotatable bonds is 9. The molecule has 0 aliphatic rings. The van der Waals surface area contributed by atoms with Gasteiger partial charge in [0.25, 0.3) is 0 Å². The molecule has 2 unspecified atom stereocenters. The number of ether oxygens (including phenoxy) is 1. The Kier molecular flexibility index (Phi) is 7.63. The SMILES string of the molecule is CCNCC(C)CN(C)C(C)Cc1ccccc1OC. The minimum atomic E-state index is 0.510. The van der Waals surface area contributed by atoms with Crippen LogP contribution in [0.25, 0.3) is 0 Å².